The van der Waals surface area contributed by atoms with Gasteiger partial charge in [0.1, 0.15) is 0 Å². The zero-order valence-corrected chi connectivity index (χ0v) is 17.5. The van der Waals surface area contributed by atoms with Crippen LogP contribution < -0.4 is 0 Å². The highest BCUT2D eigenvalue weighted by Gasteiger charge is 2.51. The first kappa shape index (κ1) is 19.9. The van der Waals surface area contributed by atoms with Gasteiger partial charge in [0, 0.05) is 6.08 Å². The molecule has 0 saturated heterocycles. The van der Waals surface area contributed by atoms with Crippen molar-refractivity contribution in [2.45, 2.75) is 59.8 Å². The van der Waals surface area contributed by atoms with Crippen molar-refractivity contribution in [2.75, 3.05) is 14.2 Å². The summed E-state index contributed by atoms with van der Waals surface area (Å²) in [6.45, 7) is 9.35. The van der Waals surface area contributed by atoms with Crippen LogP contribution in [0.4, 0.5) is 0 Å². The molecule has 0 bridgehead atoms. The Kier molecular flexibility index (Phi) is 5.13. The lowest BCUT2D eigenvalue weighted by Gasteiger charge is -2.56. The second-order valence-electron chi connectivity index (χ2n) is 9.24. The lowest BCUT2D eigenvalue weighted by atomic mass is 9.48. The summed E-state index contributed by atoms with van der Waals surface area (Å²) in [6.07, 6.45) is 9.08. The number of Topliss-reactive ketones (excluding diaryl/α,β-unsaturated/α-hetero) is 1. The number of rotatable bonds is 3. The zero-order chi connectivity index (χ0) is 20.0. The van der Waals surface area contributed by atoms with Crippen LogP contribution in [0.2, 0.25) is 0 Å². The van der Waals surface area contributed by atoms with Crippen LogP contribution >= 0.6 is 0 Å². The summed E-state index contributed by atoms with van der Waals surface area (Å²) in [5.41, 5.74) is 1.96. The van der Waals surface area contributed by atoms with E-state index in [0.717, 1.165) is 12.8 Å². The van der Waals surface area contributed by atoms with E-state index >= 15 is 0 Å². The molecule has 4 nitrogen and oxygen atoms in total. The average Bonchev–Trinajstić information content (AvgIpc) is 2.59. The molecule has 3 aliphatic carbocycles. The predicted molar refractivity (Wildman–Crippen MR) is 105 cm³/mol. The van der Waals surface area contributed by atoms with Crippen LogP contribution in [0, 0.1) is 22.7 Å². The molecule has 0 radical (unpaired) electrons. The standard InChI is InChI=1S/C23H32O4/c1-14-8-9-19-22(2,3)10-7-11-23(19,4)16(14)12-15-20(25)18(26-5)13-17(24)21(15)27-6/h12-14,19H,7-11H2,1-6H3/b16-12+/t14-,19-,23+/m0/s1. The summed E-state index contributed by atoms with van der Waals surface area (Å²) in [6, 6.07) is 0. The molecule has 0 unspecified atom stereocenters. The van der Waals surface area contributed by atoms with Crippen LogP contribution in [0.5, 0.6) is 0 Å². The molecule has 0 amide bonds. The number of carbonyl (C=O) groups excluding carboxylic acids is 2. The van der Waals surface area contributed by atoms with Crippen molar-refractivity contribution in [3.63, 3.8) is 0 Å². The largest absolute Gasteiger partial charge is 0.492 e. The Morgan fingerprint density at radius 3 is 2.41 bits per heavy atom. The second-order valence-corrected chi connectivity index (χ2v) is 9.24. The van der Waals surface area contributed by atoms with Gasteiger partial charge in [-0.3, -0.25) is 9.59 Å². The van der Waals surface area contributed by atoms with Crippen LogP contribution in [-0.2, 0) is 19.1 Å². The van der Waals surface area contributed by atoms with Gasteiger partial charge >= 0.3 is 0 Å². The third kappa shape index (κ3) is 3.17. The molecule has 0 aromatic heterocycles. The lowest BCUT2D eigenvalue weighted by molar-refractivity contribution is -0.119. The minimum atomic E-state index is -0.310. The van der Waals surface area contributed by atoms with Gasteiger partial charge in [-0.1, -0.05) is 39.7 Å². The zero-order valence-electron chi connectivity index (χ0n) is 17.5. The molecule has 0 heterocycles. The van der Waals surface area contributed by atoms with E-state index in [9.17, 15) is 9.59 Å². The molecule has 0 aromatic rings. The molecular weight excluding hydrogens is 340 g/mol. The smallest absolute Gasteiger partial charge is 0.231 e. The van der Waals surface area contributed by atoms with Crippen LogP contribution in [0.3, 0.4) is 0 Å². The Morgan fingerprint density at radius 2 is 1.78 bits per heavy atom. The van der Waals surface area contributed by atoms with Crippen molar-refractivity contribution in [3.8, 4) is 0 Å². The summed E-state index contributed by atoms with van der Waals surface area (Å²) >= 11 is 0. The monoisotopic (exact) mass is 372 g/mol. The Balaban J connectivity index is 2.13. The van der Waals surface area contributed by atoms with Gasteiger partial charge in [0.15, 0.2) is 11.5 Å². The fourth-order valence-corrected chi connectivity index (χ4v) is 5.89. The number of carbonyl (C=O) groups is 2. The Labute approximate surface area is 162 Å². The molecule has 3 atom stereocenters. The minimum Gasteiger partial charge on any atom is -0.492 e. The number of ether oxygens (including phenoxy) is 2. The molecule has 27 heavy (non-hydrogen) atoms. The van der Waals surface area contributed by atoms with Crippen molar-refractivity contribution in [3.05, 3.63) is 34.8 Å². The molecular formula is C23H32O4. The quantitative estimate of drug-likeness (QED) is 0.670. The minimum absolute atomic E-state index is 0.0446. The summed E-state index contributed by atoms with van der Waals surface area (Å²) in [5, 5.41) is 0. The predicted octanol–water partition coefficient (Wildman–Crippen LogP) is 4.76. The summed E-state index contributed by atoms with van der Waals surface area (Å²) in [4.78, 5) is 25.3. The highest BCUT2D eigenvalue weighted by atomic mass is 16.5. The van der Waals surface area contributed by atoms with E-state index in [4.69, 9.17) is 9.47 Å². The van der Waals surface area contributed by atoms with Gasteiger partial charge in [-0.05, 0) is 54.4 Å². The van der Waals surface area contributed by atoms with Gasteiger partial charge in [0.2, 0.25) is 11.6 Å². The number of ketones is 2. The molecule has 0 spiro atoms. The van der Waals surface area contributed by atoms with Crippen LogP contribution in [0.1, 0.15) is 59.8 Å². The van der Waals surface area contributed by atoms with Crippen molar-refractivity contribution in [1.29, 1.82) is 0 Å². The van der Waals surface area contributed by atoms with Gasteiger partial charge in [-0.15, -0.1) is 0 Å². The van der Waals surface area contributed by atoms with E-state index < -0.39 is 0 Å². The Hall–Kier alpha value is -1.84. The van der Waals surface area contributed by atoms with Gasteiger partial charge in [-0.25, -0.2) is 0 Å². The highest BCUT2D eigenvalue weighted by molar-refractivity contribution is 6.22. The maximum atomic E-state index is 12.9. The third-order valence-electron chi connectivity index (χ3n) is 7.23. The molecule has 2 fully saturated rings. The SMILES string of the molecule is COC1=CC(=O)C(OC)=C(/C=C2\[C@@H](C)CC[C@H]3C(C)(C)CCC[C@]23C)C1=O. The Bertz CT molecular complexity index is 752. The molecule has 0 aromatic carbocycles. The molecule has 0 aliphatic heterocycles. The van der Waals surface area contributed by atoms with Gasteiger partial charge < -0.3 is 9.47 Å². The van der Waals surface area contributed by atoms with Crippen molar-refractivity contribution >= 4 is 11.6 Å². The molecule has 0 N–H and O–H groups in total. The first-order valence-corrected chi connectivity index (χ1v) is 10.0. The highest BCUT2D eigenvalue weighted by Crippen LogP contribution is 2.61. The second kappa shape index (κ2) is 6.96. The summed E-state index contributed by atoms with van der Waals surface area (Å²) < 4.78 is 10.5. The third-order valence-corrected chi connectivity index (χ3v) is 7.23. The lowest BCUT2D eigenvalue weighted by Crippen LogP contribution is -2.47. The van der Waals surface area contributed by atoms with Crippen molar-refractivity contribution in [2.24, 2.45) is 22.7 Å². The molecule has 3 rings (SSSR count). The van der Waals surface area contributed by atoms with E-state index in [0.29, 0.717) is 17.4 Å². The summed E-state index contributed by atoms with van der Waals surface area (Å²) in [7, 11) is 2.87. The van der Waals surface area contributed by atoms with Crippen molar-refractivity contribution in [1.82, 2.24) is 0 Å². The Morgan fingerprint density at radius 1 is 1.07 bits per heavy atom. The number of methoxy groups -OCH3 is 2. The maximum Gasteiger partial charge on any atom is 0.231 e. The van der Waals surface area contributed by atoms with Gasteiger partial charge in [0.05, 0.1) is 19.8 Å². The topological polar surface area (TPSA) is 52.6 Å². The van der Waals surface area contributed by atoms with Gasteiger partial charge in [-0.2, -0.15) is 0 Å². The number of hydrogen-bond acceptors (Lipinski definition) is 4. The van der Waals surface area contributed by atoms with Crippen LogP contribution in [-0.4, -0.2) is 25.8 Å². The van der Waals surface area contributed by atoms with E-state index in [1.807, 2.05) is 6.08 Å². The van der Waals surface area contributed by atoms with Gasteiger partial charge in [0.25, 0.3) is 0 Å². The van der Waals surface area contributed by atoms with E-state index in [1.54, 1.807) is 0 Å². The first-order valence-electron chi connectivity index (χ1n) is 10.0. The van der Waals surface area contributed by atoms with E-state index in [-0.39, 0.29) is 33.9 Å². The average molecular weight is 373 g/mol. The molecule has 148 valence electrons. The fourth-order valence-electron chi connectivity index (χ4n) is 5.89. The number of hydrogen-bond donors (Lipinski definition) is 0. The number of fused-ring (bicyclic) bond motifs is 1. The van der Waals surface area contributed by atoms with E-state index in [1.165, 1.54) is 45.1 Å². The fraction of sp³-hybridized carbons (Fsp3) is 0.652. The van der Waals surface area contributed by atoms with E-state index in [2.05, 4.69) is 27.7 Å². The van der Waals surface area contributed by atoms with Crippen LogP contribution in [0.25, 0.3) is 0 Å². The maximum absolute atomic E-state index is 12.9. The van der Waals surface area contributed by atoms with Crippen molar-refractivity contribution < 1.29 is 19.1 Å². The summed E-state index contributed by atoms with van der Waals surface area (Å²) in [5.74, 6) is 0.595. The normalized spacial score (nSPS) is 35.0. The molecule has 2 saturated carbocycles. The number of allylic oxidation sites excluding steroid dienone is 4. The molecule has 4 heteroatoms. The van der Waals surface area contributed by atoms with Crippen LogP contribution in [0.15, 0.2) is 34.8 Å². The molecule has 3 aliphatic rings. The first-order chi connectivity index (χ1) is 12.7.